The molecule has 2 aromatic heterocycles. The Morgan fingerprint density at radius 2 is 2.38 bits per heavy atom. The van der Waals surface area contributed by atoms with Crippen molar-refractivity contribution in [2.75, 3.05) is 0 Å². The molecule has 0 aromatic carbocycles. The first-order valence-corrected chi connectivity index (χ1v) is 5.87. The summed E-state index contributed by atoms with van der Waals surface area (Å²) < 4.78 is 5.23. The molecule has 2 unspecified atom stereocenters. The Morgan fingerprint density at radius 1 is 1.44 bits per heavy atom. The van der Waals surface area contributed by atoms with Gasteiger partial charge in [0.05, 0.1) is 16.3 Å². The van der Waals surface area contributed by atoms with Crippen molar-refractivity contribution in [3.63, 3.8) is 0 Å². The van der Waals surface area contributed by atoms with Crippen molar-refractivity contribution < 1.29 is 4.52 Å². The van der Waals surface area contributed by atoms with E-state index < -0.39 is 0 Å². The predicted octanol–water partition coefficient (Wildman–Crippen LogP) is 1.56. The number of thiazole rings is 1. The molecule has 5 nitrogen and oxygen atoms in total. The third-order valence-electron chi connectivity index (χ3n) is 2.53. The van der Waals surface area contributed by atoms with Crippen LogP contribution in [0.4, 0.5) is 0 Å². The molecule has 3 rings (SSSR count). The average molecular weight is 234 g/mol. The summed E-state index contributed by atoms with van der Waals surface area (Å²) in [4.78, 5) is 9.25. The zero-order valence-corrected chi connectivity index (χ0v) is 9.22. The molecular weight excluding hydrogens is 224 g/mol. The van der Waals surface area contributed by atoms with Crippen LogP contribution in [-0.2, 0) is 0 Å². The van der Waals surface area contributed by atoms with Gasteiger partial charge in [-0.05, 0) is 6.42 Å². The van der Waals surface area contributed by atoms with Crippen molar-refractivity contribution in [1.82, 2.24) is 15.1 Å². The standard InChI is InChI=1S/C10H10N4OS/c11-7-2-1-6(3-7)10-13-9(14-15-10)8-4-12-5-16-8/h1-2,4-7H,3,11H2. The summed E-state index contributed by atoms with van der Waals surface area (Å²) in [5, 5.41) is 3.94. The van der Waals surface area contributed by atoms with E-state index in [4.69, 9.17) is 10.3 Å². The first-order valence-electron chi connectivity index (χ1n) is 4.99. The van der Waals surface area contributed by atoms with Crippen LogP contribution >= 0.6 is 11.3 Å². The fraction of sp³-hybridized carbons (Fsp3) is 0.300. The van der Waals surface area contributed by atoms with Crippen molar-refractivity contribution in [2.45, 2.75) is 18.4 Å². The molecule has 0 spiro atoms. The van der Waals surface area contributed by atoms with Crippen molar-refractivity contribution in [1.29, 1.82) is 0 Å². The molecular formula is C10H10N4OS. The molecule has 82 valence electrons. The number of hydrogen-bond donors (Lipinski definition) is 1. The van der Waals surface area contributed by atoms with Gasteiger partial charge in [0, 0.05) is 12.2 Å². The molecule has 2 N–H and O–H groups in total. The molecule has 2 heterocycles. The number of allylic oxidation sites excluding steroid dienone is 1. The van der Waals surface area contributed by atoms with Gasteiger partial charge in [-0.25, -0.2) is 0 Å². The Labute approximate surface area is 96.0 Å². The quantitative estimate of drug-likeness (QED) is 0.798. The van der Waals surface area contributed by atoms with Crippen LogP contribution in [0, 0.1) is 0 Å². The maximum atomic E-state index is 5.78. The van der Waals surface area contributed by atoms with Gasteiger partial charge in [0.25, 0.3) is 0 Å². The molecule has 0 saturated heterocycles. The largest absolute Gasteiger partial charge is 0.338 e. The highest BCUT2D eigenvalue weighted by atomic mass is 32.1. The van der Waals surface area contributed by atoms with E-state index in [1.54, 1.807) is 11.7 Å². The molecule has 1 aliphatic rings. The monoisotopic (exact) mass is 234 g/mol. The van der Waals surface area contributed by atoms with Crippen LogP contribution in [0.15, 0.2) is 28.4 Å². The van der Waals surface area contributed by atoms with Crippen molar-refractivity contribution in [3.05, 3.63) is 29.8 Å². The highest BCUT2D eigenvalue weighted by molar-refractivity contribution is 7.13. The van der Waals surface area contributed by atoms with Gasteiger partial charge in [-0.1, -0.05) is 17.3 Å². The van der Waals surface area contributed by atoms with Gasteiger partial charge in [-0.15, -0.1) is 11.3 Å². The minimum absolute atomic E-state index is 0.101. The van der Waals surface area contributed by atoms with Gasteiger partial charge in [0.15, 0.2) is 0 Å². The lowest BCUT2D eigenvalue weighted by Crippen LogP contribution is -2.14. The summed E-state index contributed by atoms with van der Waals surface area (Å²) in [6.45, 7) is 0. The summed E-state index contributed by atoms with van der Waals surface area (Å²) >= 11 is 1.49. The number of rotatable bonds is 2. The molecule has 2 atom stereocenters. The Bertz CT molecular complexity index is 505. The normalized spacial score (nSPS) is 24.1. The Kier molecular flexibility index (Phi) is 2.30. The van der Waals surface area contributed by atoms with E-state index >= 15 is 0 Å². The van der Waals surface area contributed by atoms with E-state index in [1.807, 2.05) is 12.2 Å². The summed E-state index contributed by atoms with van der Waals surface area (Å²) in [6, 6.07) is 0.101. The van der Waals surface area contributed by atoms with Crippen LogP contribution in [0.2, 0.25) is 0 Å². The second-order valence-electron chi connectivity index (χ2n) is 3.71. The maximum absolute atomic E-state index is 5.78. The lowest BCUT2D eigenvalue weighted by molar-refractivity contribution is 0.365. The first kappa shape index (κ1) is 9.68. The number of nitrogens with zero attached hydrogens (tertiary/aromatic N) is 3. The Balaban J connectivity index is 1.86. The maximum Gasteiger partial charge on any atom is 0.233 e. The van der Waals surface area contributed by atoms with Crippen LogP contribution in [0.5, 0.6) is 0 Å². The van der Waals surface area contributed by atoms with Gasteiger partial charge < -0.3 is 10.3 Å². The molecule has 0 saturated carbocycles. The lowest BCUT2D eigenvalue weighted by atomic mass is 10.1. The number of aromatic nitrogens is 3. The summed E-state index contributed by atoms with van der Waals surface area (Å²) in [6.07, 6.45) is 6.57. The van der Waals surface area contributed by atoms with Crippen LogP contribution in [0.25, 0.3) is 10.7 Å². The fourth-order valence-electron chi connectivity index (χ4n) is 1.72. The van der Waals surface area contributed by atoms with Gasteiger partial charge >= 0.3 is 0 Å². The molecule has 0 amide bonds. The highest BCUT2D eigenvalue weighted by Crippen LogP contribution is 2.28. The van der Waals surface area contributed by atoms with Crippen molar-refractivity contribution >= 4 is 11.3 Å². The third-order valence-corrected chi connectivity index (χ3v) is 3.30. The minimum atomic E-state index is 0.101. The SMILES string of the molecule is NC1C=CC(c2nc(-c3cncs3)no2)C1. The summed E-state index contributed by atoms with van der Waals surface area (Å²) in [5.74, 6) is 1.39. The molecule has 6 heteroatoms. The number of hydrogen-bond acceptors (Lipinski definition) is 6. The first-order chi connectivity index (χ1) is 7.83. The topological polar surface area (TPSA) is 77.8 Å². The fourth-order valence-corrected chi connectivity index (χ4v) is 2.27. The van der Waals surface area contributed by atoms with E-state index in [9.17, 15) is 0 Å². The van der Waals surface area contributed by atoms with Crippen LogP contribution < -0.4 is 5.73 Å². The van der Waals surface area contributed by atoms with Crippen molar-refractivity contribution in [3.8, 4) is 10.7 Å². The molecule has 0 aliphatic heterocycles. The summed E-state index contributed by atoms with van der Waals surface area (Å²) in [5.41, 5.74) is 7.53. The van der Waals surface area contributed by atoms with Gasteiger partial charge in [0.2, 0.25) is 11.7 Å². The number of nitrogens with two attached hydrogens (primary N) is 1. The molecule has 0 radical (unpaired) electrons. The molecule has 16 heavy (non-hydrogen) atoms. The highest BCUT2D eigenvalue weighted by Gasteiger charge is 2.23. The zero-order chi connectivity index (χ0) is 11.0. The lowest BCUT2D eigenvalue weighted by Gasteiger charge is -2.01. The van der Waals surface area contributed by atoms with Gasteiger partial charge in [-0.2, -0.15) is 4.98 Å². The van der Waals surface area contributed by atoms with E-state index in [1.165, 1.54) is 11.3 Å². The van der Waals surface area contributed by atoms with Crippen LogP contribution in [-0.4, -0.2) is 21.2 Å². The van der Waals surface area contributed by atoms with E-state index in [0.717, 1.165) is 11.3 Å². The van der Waals surface area contributed by atoms with Gasteiger partial charge in [-0.3, -0.25) is 4.98 Å². The minimum Gasteiger partial charge on any atom is -0.338 e. The van der Waals surface area contributed by atoms with Gasteiger partial charge in [0.1, 0.15) is 0 Å². The molecule has 2 aromatic rings. The average Bonchev–Trinajstić information content (AvgIpc) is 2.97. The second-order valence-corrected chi connectivity index (χ2v) is 4.60. The molecule has 0 bridgehead atoms. The van der Waals surface area contributed by atoms with E-state index in [-0.39, 0.29) is 12.0 Å². The van der Waals surface area contributed by atoms with E-state index in [0.29, 0.717) is 11.7 Å². The predicted molar refractivity (Wildman–Crippen MR) is 59.9 cm³/mol. The Hall–Kier alpha value is -1.53. The molecule has 1 aliphatic carbocycles. The smallest absolute Gasteiger partial charge is 0.233 e. The van der Waals surface area contributed by atoms with Crippen molar-refractivity contribution in [2.24, 2.45) is 5.73 Å². The van der Waals surface area contributed by atoms with E-state index in [2.05, 4.69) is 15.1 Å². The van der Waals surface area contributed by atoms with Crippen LogP contribution in [0.1, 0.15) is 18.2 Å². The summed E-state index contributed by atoms with van der Waals surface area (Å²) in [7, 11) is 0. The van der Waals surface area contributed by atoms with Crippen LogP contribution in [0.3, 0.4) is 0 Å². The Morgan fingerprint density at radius 3 is 3.06 bits per heavy atom. The third kappa shape index (κ3) is 1.66. The second kappa shape index (κ2) is 3.80. The molecule has 0 fully saturated rings. The zero-order valence-electron chi connectivity index (χ0n) is 8.41.